The maximum Gasteiger partial charge on any atom is 0.258 e. The summed E-state index contributed by atoms with van der Waals surface area (Å²) in [5, 5.41) is 12.7. The van der Waals surface area contributed by atoms with Crippen LogP contribution in [0.3, 0.4) is 0 Å². The minimum absolute atomic E-state index is 0.168. The molecule has 29 heavy (non-hydrogen) atoms. The van der Waals surface area contributed by atoms with Crippen molar-refractivity contribution in [3.63, 3.8) is 0 Å². The quantitative estimate of drug-likeness (QED) is 0.418. The Kier molecular flexibility index (Phi) is 5.35. The molecule has 4 rings (SSSR count). The van der Waals surface area contributed by atoms with Crippen molar-refractivity contribution < 1.29 is 4.79 Å². The van der Waals surface area contributed by atoms with E-state index >= 15 is 0 Å². The number of para-hydroxylation sites is 1. The van der Waals surface area contributed by atoms with Crippen LogP contribution in [0.2, 0.25) is 0 Å². The fourth-order valence-corrected chi connectivity index (χ4v) is 3.68. The molecule has 0 unspecified atom stereocenters. The van der Waals surface area contributed by atoms with E-state index < -0.39 is 0 Å². The molecule has 6 heteroatoms. The van der Waals surface area contributed by atoms with Gasteiger partial charge in [-0.1, -0.05) is 48.0 Å². The number of aromatic amines is 1. The number of carbonyl (C=O) groups is 1. The number of aryl methyl sites for hydroxylation is 2. The molecule has 144 valence electrons. The third kappa shape index (κ3) is 4.17. The summed E-state index contributed by atoms with van der Waals surface area (Å²) in [5.74, 6) is -0.168. The number of nitrogens with zero attached hydrogens (tertiary/aromatic N) is 2. The van der Waals surface area contributed by atoms with E-state index in [9.17, 15) is 4.79 Å². The lowest BCUT2D eigenvalue weighted by atomic mass is 10.1. The number of benzene rings is 2. The van der Waals surface area contributed by atoms with Crippen LogP contribution < -0.4 is 5.32 Å². The molecular formula is C23H20N4OS. The van der Waals surface area contributed by atoms with Gasteiger partial charge in [-0.2, -0.15) is 5.10 Å². The molecule has 0 fully saturated rings. The van der Waals surface area contributed by atoms with Crippen molar-refractivity contribution in [2.45, 2.75) is 13.8 Å². The van der Waals surface area contributed by atoms with Gasteiger partial charge in [-0.15, -0.1) is 11.3 Å². The van der Waals surface area contributed by atoms with Crippen LogP contribution in [-0.2, 0) is 0 Å². The van der Waals surface area contributed by atoms with Gasteiger partial charge in [0.2, 0.25) is 0 Å². The number of carbonyl (C=O) groups excluding carboxylic acids is 1. The Morgan fingerprint density at radius 2 is 1.90 bits per heavy atom. The number of anilines is 1. The van der Waals surface area contributed by atoms with Gasteiger partial charge in [-0.25, -0.2) is 4.99 Å². The van der Waals surface area contributed by atoms with Crippen molar-refractivity contribution in [2.24, 2.45) is 4.99 Å². The van der Waals surface area contributed by atoms with Crippen LogP contribution in [0.4, 0.5) is 10.7 Å². The Bertz CT molecular complexity index is 1170. The van der Waals surface area contributed by atoms with Crippen LogP contribution in [-0.4, -0.2) is 22.3 Å². The van der Waals surface area contributed by atoms with Crippen molar-refractivity contribution in [2.75, 3.05) is 5.32 Å². The number of hydrogen-bond acceptors (Lipinski definition) is 4. The zero-order valence-corrected chi connectivity index (χ0v) is 17.0. The van der Waals surface area contributed by atoms with Gasteiger partial charge < -0.3 is 5.32 Å². The molecule has 0 bridgehead atoms. The first-order valence-electron chi connectivity index (χ1n) is 9.21. The highest BCUT2D eigenvalue weighted by molar-refractivity contribution is 7.14. The molecule has 0 atom stereocenters. The summed E-state index contributed by atoms with van der Waals surface area (Å²) in [5.41, 5.74) is 6.38. The third-order valence-electron chi connectivity index (χ3n) is 4.61. The van der Waals surface area contributed by atoms with Crippen LogP contribution >= 0.6 is 11.3 Å². The van der Waals surface area contributed by atoms with Crippen LogP contribution in [0.5, 0.6) is 0 Å². The molecule has 2 N–H and O–H groups in total. The fraction of sp³-hybridized carbons (Fsp3) is 0.0870. The predicted molar refractivity (Wildman–Crippen MR) is 119 cm³/mol. The number of thiophene rings is 1. The van der Waals surface area contributed by atoms with E-state index in [4.69, 9.17) is 0 Å². The third-order valence-corrected chi connectivity index (χ3v) is 5.43. The molecule has 0 radical (unpaired) electrons. The number of H-pyrrole nitrogens is 1. The lowest BCUT2D eigenvalue weighted by Crippen LogP contribution is -2.11. The monoisotopic (exact) mass is 400 g/mol. The van der Waals surface area contributed by atoms with Gasteiger partial charge in [0.15, 0.2) is 0 Å². The van der Waals surface area contributed by atoms with Gasteiger partial charge in [0.25, 0.3) is 5.91 Å². The molecule has 5 nitrogen and oxygen atoms in total. The fourth-order valence-electron chi connectivity index (χ4n) is 2.95. The average Bonchev–Trinajstić information content (AvgIpc) is 3.38. The Balaban J connectivity index is 1.56. The van der Waals surface area contributed by atoms with Gasteiger partial charge in [0, 0.05) is 23.0 Å². The summed E-state index contributed by atoms with van der Waals surface area (Å²) in [6.45, 7) is 4.02. The van der Waals surface area contributed by atoms with Gasteiger partial charge in [0.1, 0.15) is 5.00 Å². The lowest BCUT2D eigenvalue weighted by Gasteiger charge is -2.07. The summed E-state index contributed by atoms with van der Waals surface area (Å²) in [4.78, 5) is 17.3. The topological polar surface area (TPSA) is 70.1 Å². The highest BCUT2D eigenvalue weighted by atomic mass is 32.1. The number of rotatable bonds is 5. The van der Waals surface area contributed by atoms with Gasteiger partial charge >= 0.3 is 0 Å². The molecule has 0 saturated carbocycles. The minimum atomic E-state index is -0.168. The molecule has 2 aromatic heterocycles. The summed E-state index contributed by atoms with van der Waals surface area (Å²) < 4.78 is 0. The van der Waals surface area contributed by atoms with E-state index in [1.54, 1.807) is 18.5 Å². The Morgan fingerprint density at radius 3 is 2.69 bits per heavy atom. The molecule has 0 saturated heterocycles. The first-order valence-corrected chi connectivity index (χ1v) is 10.1. The van der Waals surface area contributed by atoms with Gasteiger partial charge in [0.05, 0.1) is 17.5 Å². The molecule has 4 aromatic rings. The average molecular weight is 401 g/mol. The van der Waals surface area contributed by atoms with E-state index in [1.165, 1.54) is 16.9 Å². The van der Waals surface area contributed by atoms with Crippen LogP contribution in [0.15, 0.2) is 71.2 Å². The first kappa shape index (κ1) is 18.8. The SMILES string of the molecule is Cc1ccc(-c2[nH]ncc2C=Nc2sccc2C(=O)Nc2ccccc2C)cc1. The minimum Gasteiger partial charge on any atom is -0.322 e. The van der Waals surface area contributed by atoms with Crippen LogP contribution in [0, 0.1) is 13.8 Å². The van der Waals surface area contributed by atoms with Crippen molar-refractivity contribution >= 4 is 34.1 Å². The predicted octanol–water partition coefficient (Wildman–Crippen LogP) is 5.76. The second-order valence-electron chi connectivity index (χ2n) is 6.73. The maximum absolute atomic E-state index is 12.7. The van der Waals surface area contributed by atoms with E-state index in [-0.39, 0.29) is 5.91 Å². The van der Waals surface area contributed by atoms with Crippen molar-refractivity contribution in [1.29, 1.82) is 0 Å². The summed E-state index contributed by atoms with van der Waals surface area (Å²) in [6, 6.07) is 17.7. The van der Waals surface area contributed by atoms with E-state index in [0.717, 1.165) is 28.1 Å². The second-order valence-corrected chi connectivity index (χ2v) is 7.63. The maximum atomic E-state index is 12.7. The molecular weight excluding hydrogens is 380 g/mol. The number of hydrogen-bond donors (Lipinski definition) is 2. The van der Waals surface area contributed by atoms with Gasteiger partial charge in [-0.05, 0) is 36.9 Å². The van der Waals surface area contributed by atoms with E-state index in [1.807, 2.05) is 48.7 Å². The number of amides is 1. The molecule has 0 spiro atoms. The summed E-state index contributed by atoms with van der Waals surface area (Å²) >= 11 is 1.43. The smallest absolute Gasteiger partial charge is 0.258 e. The number of nitrogens with one attached hydrogen (secondary N) is 2. The molecule has 2 heterocycles. The normalized spacial score (nSPS) is 11.1. The molecule has 2 aromatic carbocycles. The number of aliphatic imine (C=N–C) groups is 1. The van der Waals surface area contributed by atoms with E-state index in [2.05, 4.69) is 39.6 Å². The van der Waals surface area contributed by atoms with Crippen LogP contribution in [0.1, 0.15) is 27.0 Å². The summed E-state index contributed by atoms with van der Waals surface area (Å²) in [6.07, 6.45) is 3.48. The van der Waals surface area contributed by atoms with Crippen LogP contribution in [0.25, 0.3) is 11.3 Å². The summed E-state index contributed by atoms with van der Waals surface area (Å²) in [7, 11) is 0. The van der Waals surface area contributed by atoms with Crippen molar-refractivity contribution in [3.05, 3.63) is 88.4 Å². The van der Waals surface area contributed by atoms with Crippen molar-refractivity contribution in [3.8, 4) is 11.3 Å². The van der Waals surface area contributed by atoms with E-state index in [0.29, 0.717) is 10.6 Å². The molecule has 0 aliphatic heterocycles. The lowest BCUT2D eigenvalue weighted by molar-refractivity contribution is 0.102. The standard InChI is InChI=1S/C23H20N4OS/c1-15-7-9-17(10-8-15)21-18(14-25-27-21)13-24-23-19(11-12-29-23)22(28)26-20-6-4-3-5-16(20)2/h3-14H,1-2H3,(H,25,27)(H,26,28). The van der Waals surface area contributed by atoms with Crippen molar-refractivity contribution in [1.82, 2.24) is 10.2 Å². The molecule has 0 aliphatic rings. The highest BCUT2D eigenvalue weighted by Crippen LogP contribution is 2.28. The zero-order valence-electron chi connectivity index (χ0n) is 16.1. The Hall–Kier alpha value is -3.51. The second kappa shape index (κ2) is 8.24. The molecule has 1 amide bonds. The zero-order chi connectivity index (χ0) is 20.2. The Labute approximate surface area is 173 Å². The van der Waals surface area contributed by atoms with Gasteiger partial charge in [-0.3, -0.25) is 9.89 Å². The Morgan fingerprint density at radius 1 is 1.10 bits per heavy atom. The largest absolute Gasteiger partial charge is 0.322 e. The first-order chi connectivity index (χ1) is 14.1. The number of aromatic nitrogens is 2. The highest BCUT2D eigenvalue weighted by Gasteiger charge is 2.14. The molecule has 0 aliphatic carbocycles.